The van der Waals surface area contributed by atoms with Crippen LogP contribution in [0.2, 0.25) is 0 Å². The molecule has 0 saturated carbocycles. The number of phenols is 1. The molecule has 0 fully saturated rings. The Kier molecular flexibility index (Phi) is 5.83. The quantitative estimate of drug-likeness (QED) is 0.504. The van der Waals surface area contributed by atoms with E-state index in [1.54, 1.807) is 32.9 Å². The van der Waals surface area contributed by atoms with Gasteiger partial charge in [-0.05, 0) is 45.0 Å². The minimum Gasteiger partial charge on any atom is -0.508 e. The maximum atomic E-state index is 11.5. The van der Waals surface area contributed by atoms with Gasteiger partial charge >= 0.3 is 12.1 Å². The van der Waals surface area contributed by atoms with Crippen LogP contribution < -0.4 is 16.0 Å². The highest BCUT2D eigenvalue weighted by atomic mass is 16.6. The molecule has 0 aliphatic rings. The number of phenolic OH excluding ortho intramolecular Hbond substituents is 1. The predicted molar refractivity (Wildman–Crippen MR) is 79.4 cm³/mol. The first kappa shape index (κ1) is 16.6. The summed E-state index contributed by atoms with van der Waals surface area (Å²) in [5.41, 5.74) is 0.0127. The molecule has 0 bridgehead atoms. The monoisotopic (exact) mass is 295 g/mol. The van der Waals surface area contributed by atoms with Crippen molar-refractivity contribution in [2.45, 2.75) is 26.4 Å². The summed E-state index contributed by atoms with van der Waals surface area (Å²) in [4.78, 5) is 22.9. The number of hydrogen-bond donors (Lipinski definition) is 4. The highest BCUT2D eigenvalue weighted by molar-refractivity contribution is 5.89. The first-order valence-corrected chi connectivity index (χ1v) is 6.57. The molecule has 0 aliphatic carbocycles. The largest absolute Gasteiger partial charge is 0.508 e. The molecule has 4 N–H and O–H groups in total. The fourth-order valence-corrected chi connectivity index (χ4v) is 1.37. The van der Waals surface area contributed by atoms with Crippen molar-refractivity contribution < 1.29 is 19.4 Å². The summed E-state index contributed by atoms with van der Waals surface area (Å²) in [6, 6.07) is 5.70. The molecule has 1 rings (SSSR count). The molecule has 0 unspecified atom stereocenters. The number of anilines is 1. The summed E-state index contributed by atoms with van der Waals surface area (Å²) >= 11 is 0. The van der Waals surface area contributed by atoms with E-state index in [1.807, 2.05) is 0 Å². The van der Waals surface area contributed by atoms with Gasteiger partial charge in [0.05, 0.1) is 0 Å². The Bertz CT molecular complexity index is 480. The molecular formula is C14H21N3O4. The molecule has 0 spiro atoms. The SMILES string of the molecule is CC(C)(C)OC(=O)NCCNC(=O)Nc1ccc(O)cc1. The van der Waals surface area contributed by atoms with Gasteiger partial charge in [-0.15, -0.1) is 0 Å². The van der Waals surface area contributed by atoms with Crippen LogP contribution in [0.3, 0.4) is 0 Å². The van der Waals surface area contributed by atoms with Crippen LogP contribution in [-0.2, 0) is 4.74 Å². The van der Waals surface area contributed by atoms with Crippen LogP contribution in [0.25, 0.3) is 0 Å². The third kappa shape index (κ3) is 7.66. The normalized spacial score (nSPS) is 10.6. The van der Waals surface area contributed by atoms with Gasteiger partial charge in [0.2, 0.25) is 0 Å². The van der Waals surface area contributed by atoms with Gasteiger partial charge in [-0.3, -0.25) is 0 Å². The Balaban J connectivity index is 2.19. The van der Waals surface area contributed by atoms with E-state index in [1.165, 1.54) is 12.1 Å². The zero-order valence-electron chi connectivity index (χ0n) is 12.4. The molecule has 0 aliphatic heterocycles. The van der Waals surface area contributed by atoms with E-state index in [-0.39, 0.29) is 18.8 Å². The lowest BCUT2D eigenvalue weighted by Gasteiger charge is -2.19. The van der Waals surface area contributed by atoms with Crippen LogP contribution >= 0.6 is 0 Å². The smallest absolute Gasteiger partial charge is 0.407 e. The second-order valence-corrected chi connectivity index (χ2v) is 5.36. The van der Waals surface area contributed by atoms with Crippen molar-refractivity contribution in [1.82, 2.24) is 10.6 Å². The summed E-state index contributed by atoms with van der Waals surface area (Å²) in [6.07, 6.45) is -0.525. The van der Waals surface area contributed by atoms with Crippen LogP contribution in [0.1, 0.15) is 20.8 Å². The van der Waals surface area contributed by atoms with Crippen LogP contribution in [0, 0.1) is 0 Å². The lowest BCUT2D eigenvalue weighted by atomic mass is 10.2. The first-order valence-electron chi connectivity index (χ1n) is 6.57. The Morgan fingerprint density at radius 2 is 1.67 bits per heavy atom. The number of alkyl carbamates (subject to hydrolysis) is 1. The molecular weight excluding hydrogens is 274 g/mol. The average molecular weight is 295 g/mol. The maximum Gasteiger partial charge on any atom is 0.407 e. The number of ether oxygens (including phenoxy) is 1. The number of nitrogens with one attached hydrogen (secondary N) is 3. The van der Waals surface area contributed by atoms with Gasteiger partial charge in [-0.25, -0.2) is 9.59 Å². The summed E-state index contributed by atoms with van der Waals surface area (Å²) in [5, 5.41) is 16.8. The number of benzene rings is 1. The molecule has 0 aromatic heterocycles. The zero-order valence-corrected chi connectivity index (χ0v) is 12.4. The Morgan fingerprint density at radius 1 is 1.10 bits per heavy atom. The van der Waals surface area contributed by atoms with Crippen LogP contribution in [0.15, 0.2) is 24.3 Å². The van der Waals surface area contributed by atoms with Crippen molar-refractivity contribution in [2.24, 2.45) is 0 Å². The van der Waals surface area contributed by atoms with Gasteiger partial charge in [0.25, 0.3) is 0 Å². The Hall–Kier alpha value is -2.44. The van der Waals surface area contributed by atoms with E-state index in [0.717, 1.165) is 0 Å². The van der Waals surface area contributed by atoms with Gasteiger partial charge in [0.1, 0.15) is 11.4 Å². The lowest BCUT2D eigenvalue weighted by molar-refractivity contribution is 0.0528. The number of urea groups is 1. The molecule has 0 saturated heterocycles. The van der Waals surface area contributed by atoms with Gasteiger partial charge < -0.3 is 25.8 Å². The number of hydrogen-bond acceptors (Lipinski definition) is 4. The second-order valence-electron chi connectivity index (χ2n) is 5.36. The summed E-state index contributed by atoms with van der Waals surface area (Å²) in [7, 11) is 0. The number of rotatable bonds is 4. The minimum absolute atomic E-state index is 0.127. The fourth-order valence-electron chi connectivity index (χ4n) is 1.37. The van der Waals surface area contributed by atoms with Crippen molar-refractivity contribution in [2.75, 3.05) is 18.4 Å². The zero-order chi connectivity index (χ0) is 15.9. The van der Waals surface area contributed by atoms with Crippen molar-refractivity contribution in [1.29, 1.82) is 0 Å². The number of carbonyl (C=O) groups excluding carboxylic acids is 2. The summed E-state index contributed by atoms with van der Waals surface area (Å²) in [6.45, 7) is 5.85. The van der Waals surface area contributed by atoms with Crippen LogP contribution in [0.5, 0.6) is 5.75 Å². The molecule has 1 aromatic carbocycles. The first-order chi connectivity index (χ1) is 9.76. The standard InChI is InChI=1S/C14H21N3O4/c1-14(2,3)21-13(20)16-9-8-15-12(19)17-10-4-6-11(18)7-5-10/h4-7,18H,8-9H2,1-3H3,(H,16,20)(H2,15,17,19). The van der Waals surface area contributed by atoms with Gasteiger partial charge in [0.15, 0.2) is 0 Å². The van der Waals surface area contributed by atoms with E-state index in [9.17, 15) is 9.59 Å². The number of aromatic hydroxyl groups is 1. The second kappa shape index (κ2) is 7.37. The number of carbonyl (C=O) groups is 2. The Labute approximate surface area is 123 Å². The van der Waals surface area contributed by atoms with E-state index >= 15 is 0 Å². The molecule has 0 radical (unpaired) electrons. The molecule has 7 heteroatoms. The molecule has 3 amide bonds. The molecule has 0 atom stereocenters. The van der Waals surface area contributed by atoms with Gasteiger partial charge in [-0.1, -0.05) is 0 Å². The van der Waals surface area contributed by atoms with Crippen molar-refractivity contribution in [3.63, 3.8) is 0 Å². The fraction of sp³-hybridized carbons (Fsp3) is 0.429. The molecule has 1 aromatic rings. The molecule has 116 valence electrons. The minimum atomic E-state index is -0.548. The third-order valence-corrected chi connectivity index (χ3v) is 2.20. The average Bonchev–Trinajstić information content (AvgIpc) is 2.35. The summed E-state index contributed by atoms with van der Waals surface area (Å²) < 4.78 is 5.05. The maximum absolute atomic E-state index is 11.5. The van der Waals surface area contributed by atoms with E-state index in [4.69, 9.17) is 9.84 Å². The summed E-state index contributed by atoms with van der Waals surface area (Å²) in [5.74, 6) is 0.127. The molecule has 7 nitrogen and oxygen atoms in total. The van der Waals surface area contributed by atoms with Crippen molar-refractivity contribution in [3.8, 4) is 5.75 Å². The van der Waals surface area contributed by atoms with Crippen LogP contribution in [0.4, 0.5) is 15.3 Å². The van der Waals surface area contributed by atoms with Crippen LogP contribution in [-0.4, -0.2) is 35.9 Å². The van der Waals surface area contributed by atoms with Gasteiger partial charge in [0, 0.05) is 18.8 Å². The number of amides is 3. The van der Waals surface area contributed by atoms with Gasteiger partial charge in [-0.2, -0.15) is 0 Å². The third-order valence-electron chi connectivity index (χ3n) is 2.20. The van der Waals surface area contributed by atoms with Crippen molar-refractivity contribution >= 4 is 17.8 Å². The van der Waals surface area contributed by atoms with Crippen molar-refractivity contribution in [3.05, 3.63) is 24.3 Å². The highest BCUT2D eigenvalue weighted by Gasteiger charge is 2.15. The molecule has 21 heavy (non-hydrogen) atoms. The van der Waals surface area contributed by atoms with E-state index in [0.29, 0.717) is 5.69 Å². The predicted octanol–water partition coefficient (Wildman–Crippen LogP) is 2.04. The molecule has 0 heterocycles. The lowest BCUT2D eigenvalue weighted by Crippen LogP contribution is -2.39. The van der Waals surface area contributed by atoms with E-state index < -0.39 is 17.7 Å². The topological polar surface area (TPSA) is 99.7 Å². The highest BCUT2D eigenvalue weighted by Crippen LogP contribution is 2.13. The van der Waals surface area contributed by atoms with E-state index in [2.05, 4.69) is 16.0 Å². The Morgan fingerprint density at radius 3 is 2.24 bits per heavy atom.